The average molecular weight is 318 g/mol. The van der Waals surface area contributed by atoms with E-state index in [0.29, 0.717) is 22.4 Å². The summed E-state index contributed by atoms with van der Waals surface area (Å²) in [6.45, 7) is 3.40. The Morgan fingerprint density at radius 3 is 2.26 bits per heavy atom. The molecule has 2 aromatic carbocycles. The number of benzene rings is 2. The van der Waals surface area contributed by atoms with Gasteiger partial charge in [0.25, 0.3) is 0 Å². The fraction of sp³-hybridized carbons (Fsp3) is 0.294. The van der Waals surface area contributed by atoms with Gasteiger partial charge in [0, 0.05) is 23.1 Å². The number of aliphatic hydroxyl groups is 1. The first kappa shape index (κ1) is 15.3. The third-order valence-electron chi connectivity index (χ3n) is 4.37. The van der Waals surface area contributed by atoms with Crippen LogP contribution in [0.25, 0.3) is 0 Å². The Labute approximate surface area is 132 Å². The van der Waals surface area contributed by atoms with Crippen molar-refractivity contribution in [3.8, 4) is 28.7 Å². The minimum atomic E-state index is -0.971. The summed E-state index contributed by atoms with van der Waals surface area (Å²) in [5, 5.41) is 49.5. The molecule has 1 aliphatic heterocycles. The Hall–Kier alpha value is -2.60. The molecule has 6 heteroatoms. The van der Waals surface area contributed by atoms with Gasteiger partial charge in [0.1, 0.15) is 23.4 Å². The predicted octanol–water partition coefficient (Wildman–Crippen LogP) is 2.42. The van der Waals surface area contributed by atoms with Crippen molar-refractivity contribution >= 4 is 0 Å². The van der Waals surface area contributed by atoms with E-state index in [-0.39, 0.29) is 23.0 Å². The highest BCUT2D eigenvalue weighted by Gasteiger charge is 2.39. The monoisotopic (exact) mass is 318 g/mol. The molecule has 3 atom stereocenters. The fourth-order valence-corrected chi connectivity index (χ4v) is 2.95. The molecule has 122 valence electrons. The minimum Gasteiger partial charge on any atom is -0.507 e. The van der Waals surface area contributed by atoms with Crippen LogP contribution < -0.4 is 4.74 Å². The standard InChI is InChI=1S/C17H18O6/c1-7-11(19)6-13(21)14-8(2)15(22)17(23-16(7)14)9-3-4-10(18)12(20)5-9/h3-6,8,15,17-22H,1-2H3. The first-order valence-electron chi connectivity index (χ1n) is 7.23. The number of hydrogen-bond donors (Lipinski definition) is 5. The molecule has 1 heterocycles. The van der Waals surface area contributed by atoms with Crippen LogP contribution in [0.3, 0.4) is 0 Å². The maximum atomic E-state index is 10.5. The number of aromatic hydroxyl groups is 4. The highest BCUT2D eigenvalue weighted by molar-refractivity contribution is 5.59. The Bertz CT molecular complexity index is 770. The minimum absolute atomic E-state index is 0.0999. The zero-order chi connectivity index (χ0) is 16.9. The van der Waals surface area contributed by atoms with Crippen molar-refractivity contribution in [2.75, 3.05) is 0 Å². The van der Waals surface area contributed by atoms with Crippen LogP contribution in [-0.4, -0.2) is 31.6 Å². The molecule has 0 saturated heterocycles. The second kappa shape index (κ2) is 5.24. The van der Waals surface area contributed by atoms with Crippen LogP contribution in [-0.2, 0) is 0 Å². The Morgan fingerprint density at radius 2 is 1.61 bits per heavy atom. The van der Waals surface area contributed by atoms with Crippen molar-refractivity contribution < 1.29 is 30.3 Å². The van der Waals surface area contributed by atoms with E-state index in [4.69, 9.17) is 4.74 Å². The smallest absolute Gasteiger partial charge is 0.157 e. The lowest BCUT2D eigenvalue weighted by molar-refractivity contribution is 0.00214. The zero-order valence-corrected chi connectivity index (χ0v) is 12.7. The van der Waals surface area contributed by atoms with Crippen LogP contribution in [0.15, 0.2) is 24.3 Å². The second-order valence-electron chi connectivity index (χ2n) is 5.85. The molecule has 0 bridgehead atoms. The van der Waals surface area contributed by atoms with Gasteiger partial charge < -0.3 is 30.3 Å². The van der Waals surface area contributed by atoms with E-state index in [1.165, 1.54) is 18.2 Å². The Kier molecular flexibility index (Phi) is 3.49. The molecule has 0 spiro atoms. The molecule has 0 saturated carbocycles. The van der Waals surface area contributed by atoms with Gasteiger partial charge in [0.15, 0.2) is 17.6 Å². The van der Waals surface area contributed by atoms with E-state index < -0.39 is 18.1 Å². The van der Waals surface area contributed by atoms with Gasteiger partial charge in [0.05, 0.1) is 0 Å². The summed E-state index contributed by atoms with van der Waals surface area (Å²) < 4.78 is 5.83. The van der Waals surface area contributed by atoms with Crippen molar-refractivity contribution in [1.29, 1.82) is 0 Å². The SMILES string of the molecule is Cc1c(O)cc(O)c2c1OC(c1ccc(O)c(O)c1)C(O)C2C. The third-order valence-corrected chi connectivity index (χ3v) is 4.37. The molecular weight excluding hydrogens is 300 g/mol. The van der Waals surface area contributed by atoms with Gasteiger partial charge in [-0.05, 0) is 24.6 Å². The van der Waals surface area contributed by atoms with Crippen LogP contribution in [0, 0.1) is 6.92 Å². The number of phenolic OH excluding ortho intramolecular Hbond substituents is 4. The first-order chi connectivity index (χ1) is 10.8. The topological polar surface area (TPSA) is 110 Å². The van der Waals surface area contributed by atoms with Gasteiger partial charge in [-0.3, -0.25) is 0 Å². The van der Waals surface area contributed by atoms with Crippen molar-refractivity contribution in [2.24, 2.45) is 0 Å². The van der Waals surface area contributed by atoms with Gasteiger partial charge in [0.2, 0.25) is 0 Å². The number of phenols is 4. The number of hydrogen-bond acceptors (Lipinski definition) is 6. The van der Waals surface area contributed by atoms with Gasteiger partial charge in [-0.15, -0.1) is 0 Å². The number of ether oxygens (including phenoxy) is 1. The van der Waals surface area contributed by atoms with E-state index in [0.717, 1.165) is 0 Å². The molecule has 23 heavy (non-hydrogen) atoms. The van der Waals surface area contributed by atoms with Crippen molar-refractivity contribution in [3.63, 3.8) is 0 Å². The van der Waals surface area contributed by atoms with Crippen LogP contribution in [0.2, 0.25) is 0 Å². The lowest BCUT2D eigenvalue weighted by Crippen LogP contribution is -2.33. The lowest BCUT2D eigenvalue weighted by Gasteiger charge is -2.36. The molecule has 2 aromatic rings. The highest BCUT2D eigenvalue weighted by atomic mass is 16.5. The van der Waals surface area contributed by atoms with Crippen LogP contribution in [0.5, 0.6) is 28.7 Å². The Morgan fingerprint density at radius 1 is 0.913 bits per heavy atom. The second-order valence-corrected chi connectivity index (χ2v) is 5.85. The summed E-state index contributed by atoms with van der Waals surface area (Å²) >= 11 is 0. The molecule has 1 aliphatic rings. The average Bonchev–Trinajstić information content (AvgIpc) is 2.50. The molecule has 0 fully saturated rings. The van der Waals surface area contributed by atoms with Gasteiger partial charge in [-0.2, -0.15) is 0 Å². The third kappa shape index (κ3) is 2.31. The van der Waals surface area contributed by atoms with Crippen molar-refractivity contribution in [3.05, 3.63) is 41.0 Å². The predicted molar refractivity (Wildman–Crippen MR) is 82.1 cm³/mol. The number of rotatable bonds is 1. The highest BCUT2D eigenvalue weighted by Crippen LogP contribution is 2.50. The van der Waals surface area contributed by atoms with Gasteiger partial charge >= 0.3 is 0 Å². The summed E-state index contributed by atoms with van der Waals surface area (Å²) in [4.78, 5) is 0. The van der Waals surface area contributed by atoms with Gasteiger partial charge in [-0.1, -0.05) is 13.0 Å². The molecular formula is C17H18O6. The molecule has 3 unspecified atom stereocenters. The van der Waals surface area contributed by atoms with Crippen LogP contribution >= 0.6 is 0 Å². The normalized spacial score (nSPS) is 23.2. The lowest BCUT2D eigenvalue weighted by atomic mass is 9.84. The van der Waals surface area contributed by atoms with Crippen LogP contribution in [0.4, 0.5) is 0 Å². The van der Waals surface area contributed by atoms with E-state index in [1.54, 1.807) is 19.9 Å². The van der Waals surface area contributed by atoms with E-state index in [9.17, 15) is 25.5 Å². The maximum Gasteiger partial charge on any atom is 0.157 e. The molecule has 0 aliphatic carbocycles. The summed E-state index contributed by atoms with van der Waals surface area (Å²) in [5.41, 5.74) is 1.38. The largest absolute Gasteiger partial charge is 0.507 e. The van der Waals surface area contributed by atoms with Gasteiger partial charge in [-0.25, -0.2) is 0 Å². The molecule has 3 rings (SSSR count). The number of aliphatic hydroxyl groups excluding tert-OH is 1. The Balaban J connectivity index is 2.12. The molecule has 0 amide bonds. The molecule has 5 N–H and O–H groups in total. The van der Waals surface area contributed by atoms with Crippen LogP contribution in [0.1, 0.15) is 35.6 Å². The molecule has 0 aromatic heterocycles. The number of fused-ring (bicyclic) bond motifs is 1. The van der Waals surface area contributed by atoms with Crippen molar-refractivity contribution in [2.45, 2.75) is 32.0 Å². The zero-order valence-electron chi connectivity index (χ0n) is 12.7. The summed E-state index contributed by atoms with van der Waals surface area (Å²) in [6, 6.07) is 5.40. The molecule has 0 radical (unpaired) electrons. The molecule has 6 nitrogen and oxygen atoms in total. The fourth-order valence-electron chi connectivity index (χ4n) is 2.95. The van der Waals surface area contributed by atoms with E-state index >= 15 is 0 Å². The van der Waals surface area contributed by atoms with E-state index in [1.807, 2.05) is 0 Å². The van der Waals surface area contributed by atoms with Crippen molar-refractivity contribution in [1.82, 2.24) is 0 Å². The first-order valence-corrected chi connectivity index (χ1v) is 7.23. The summed E-state index contributed by atoms with van der Waals surface area (Å²) in [5.74, 6) is -0.943. The summed E-state index contributed by atoms with van der Waals surface area (Å²) in [7, 11) is 0. The van der Waals surface area contributed by atoms with E-state index in [2.05, 4.69) is 0 Å². The summed E-state index contributed by atoms with van der Waals surface area (Å²) in [6.07, 6.45) is -1.77. The quantitative estimate of drug-likeness (QED) is 0.517. The maximum absolute atomic E-state index is 10.5.